The third-order valence-electron chi connectivity index (χ3n) is 2.58. The molecule has 1 N–H and O–H groups in total. The highest BCUT2D eigenvalue weighted by atomic mass is 16.6. The highest BCUT2D eigenvalue weighted by Crippen LogP contribution is 2.24. The van der Waals surface area contributed by atoms with Crippen molar-refractivity contribution >= 4 is 5.88 Å². The van der Waals surface area contributed by atoms with Crippen LogP contribution in [0, 0.1) is 10.1 Å². The number of hydrogen-bond donors (Lipinski definition) is 1. The lowest BCUT2D eigenvalue weighted by molar-refractivity contribution is -0.401. The number of aromatic nitrogens is 2. The molecule has 1 aliphatic carbocycles. The fraction of sp³-hybridized carbons (Fsp3) is 0.400. The summed E-state index contributed by atoms with van der Waals surface area (Å²) in [6.45, 7) is 0.525. The average Bonchev–Trinajstić information content (AvgIpc) is 2.88. The molecule has 0 unspecified atom stereocenters. The molecule has 8 heteroatoms. The van der Waals surface area contributed by atoms with Crippen LogP contribution in [0.5, 0.6) is 0 Å². The summed E-state index contributed by atoms with van der Waals surface area (Å²) in [7, 11) is 0. The van der Waals surface area contributed by atoms with Gasteiger partial charge in [0.25, 0.3) is 5.89 Å². The minimum Gasteiger partial charge on any atom is -0.395 e. The molecule has 94 valence electrons. The Morgan fingerprint density at radius 2 is 2.33 bits per heavy atom. The third kappa shape index (κ3) is 2.23. The molecule has 2 aromatic rings. The molecule has 0 amide bonds. The number of hydrogen-bond acceptors (Lipinski definition) is 7. The van der Waals surface area contributed by atoms with Gasteiger partial charge in [0, 0.05) is 6.04 Å². The summed E-state index contributed by atoms with van der Waals surface area (Å²) >= 11 is 0. The summed E-state index contributed by atoms with van der Waals surface area (Å²) in [5.74, 6) is 0.513. The van der Waals surface area contributed by atoms with Gasteiger partial charge in [0.2, 0.25) is 0 Å². The van der Waals surface area contributed by atoms with Gasteiger partial charge in [-0.25, -0.2) is 0 Å². The van der Waals surface area contributed by atoms with E-state index in [9.17, 15) is 10.1 Å². The van der Waals surface area contributed by atoms with Crippen molar-refractivity contribution in [2.24, 2.45) is 0 Å². The third-order valence-corrected chi connectivity index (χ3v) is 2.58. The molecule has 0 atom stereocenters. The zero-order valence-corrected chi connectivity index (χ0v) is 9.33. The van der Waals surface area contributed by atoms with Crippen molar-refractivity contribution in [2.75, 3.05) is 0 Å². The largest absolute Gasteiger partial charge is 0.433 e. The van der Waals surface area contributed by atoms with Gasteiger partial charge in [-0.3, -0.25) is 10.1 Å². The fourth-order valence-electron chi connectivity index (χ4n) is 1.49. The van der Waals surface area contributed by atoms with E-state index in [0.717, 1.165) is 0 Å². The average molecular weight is 250 g/mol. The van der Waals surface area contributed by atoms with E-state index < -0.39 is 4.92 Å². The summed E-state index contributed by atoms with van der Waals surface area (Å²) < 4.78 is 9.95. The summed E-state index contributed by atoms with van der Waals surface area (Å²) in [6.07, 6.45) is 2.35. The van der Waals surface area contributed by atoms with Crippen LogP contribution in [0.25, 0.3) is 11.7 Å². The minimum atomic E-state index is -0.616. The lowest BCUT2D eigenvalue weighted by Gasteiger charge is -1.94. The van der Waals surface area contributed by atoms with Gasteiger partial charge in [0.1, 0.15) is 4.92 Å². The second kappa shape index (κ2) is 4.22. The molecule has 1 fully saturated rings. The van der Waals surface area contributed by atoms with Gasteiger partial charge in [-0.2, -0.15) is 4.98 Å². The van der Waals surface area contributed by atoms with Crippen molar-refractivity contribution in [3.05, 3.63) is 28.1 Å². The number of furan rings is 1. The second-order valence-electron chi connectivity index (χ2n) is 4.07. The molecule has 0 saturated heterocycles. The molecule has 1 aliphatic rings. The zero-order valence-electron chi connectivity index (χ0n) is 9.33. The van der Waals surface area contributed by atoms with Gasteiger partial charge in [-0.05, 0) is 18.9 Å². The van der Waals surface area contributed by atoms with Gasteiger partial charge < -0.3 is 14.3 Å². The summed E-state index contributed by atoms with van der Waals surface area (Å²) in [4.78, 5) is 14.0. The van der Waals surface area contributed by atoms with Crippen molar-refractivity contribution in [1.29, 1.82) is 0 Å². The van der Waals surface area contributed by atoms with Crippen LogP contribution in [-0.4, -0.2) is 21.1 Å². The Bertz CT molecular complexity index is 572. The Morgan fingerprint density at radius 3 is 3.00 bits per heavy atom. The number of rotatable bonds is 5. The van der Waals surface area contributed by atoms with E-state index in [-0.39, 0.29) is 17.5 Å². The zero-order chi connectivity index (χ0) is 12.5. The van der Waals surface area contributed by atoms with Crippen molar-refractivity contribution in [2.45, 2.75) is 25.4 Å². The molecule has 0 aromatic carbocycles. The maximum Gasteiger partial charge on any atom is 0.433 e. The van der Waals surface area contributed by atoms with Crippen LogP contribution in [-0.2, 0) is 6.54 Å². The predicted octanol–water partition coefficient (Wildman–Crippen LogP) is 1.49. The van der Waals surface area contributed by atoms with Crippen LogP contribution in [0.2, 0.25) is 0 Å². The number of nitrogens with one attached hydrogen (secondary N) is 1. The SMILES string of the molecule is O=[N+]([O-])c1ccc(-c2nc(CNC3CC3)no2)o1. The number of nitrogens with zero attached hydrogens (tertiary/aromatic N) is 3. The molecule has 8 nitrogen and oxygen atoms in total. The first kappa shape index (κ1) is 10.9. The minimum absolute atomic E-state index is 0.149. The van der Waals surface area contributed by atoms with E-state index >= 15 is 0 Å². The smallest absolute Gasteiger partial charge is 0.395 e. The van der Waals surface area contributed by atoms with Crippen molar-refractivity contribution < 1.29 is 13.9 Å². The van der Waals surface area contributed by atoms with E-state index in [1.165, 1.54) is 25.0 Å². The summed E-state index contributed by atoms with van der Waals surface area (Å²) in [6, 6.07) is 3.24. The lowest BCUT2D eigenvalue weighted by Crippen LogP contribution is -2.16. The van der Waals surface area contributed by atoms with Crippen LogP contribution in [0.15, 0.2) is 21.1 Å². The molecule has 18 heavy (non-hydrogen) atoms. The van der Waals surface area contributed by atoms with Crippen molar-refractivity contribution in [3.63, 3.8) is 0 Å². The van der Waals surface area contributed by atoms with E-state index in [1.807, 2.05) is 0 Å². The molecule has 0 bridgehead atoms. The van der Waals surface area contributed by atoms with E-state index in [2.05, 4.69) is 15.5 Å². The Labute approximate surface area is 101 Å². The predicted molar refractivity (Wildman–Crippen MR) is 58.5 cm³/mol. The summed E-state index contributed by atoms with van der Waals surface area (Å²) in [5.41, 5.74) is 0. The maximum atomic E-state index is 10.5. The normalized spacial score (nSPS) is 14.9. The quantitative estimate of drug-likeness (QED) is 0.632. The van der Waals surface area contributed by atoms with Gasteiger partial charge in [-0.15, -0.1) is 0 Å². The molecule has 2 heterocycles. The highest BCUT2D eigenvalue weighted by molar-refractivity contribution is 5.46. The molecule has 1 saturated carbocycles. The van der Waals surface area contributed by atoms with Crippen LogP contribution in [0.4, 0.5) is 5.88 Å². The first-order chi connectivity index (χ1) is 8.72. The van der Waals surface area contributed by atoms with Gasteiger partial charge in [0.05, 0.1) is 12.6 Å². The Morgan fingerprint density at radius 1 is 1.50 bits per heavy atom. The van der Waals surface area contributed by atoms with E-state index in [1.54, 1.807) is 0 Å². The molecule has 2 aromatic heterocycles. The topological polar surface area (TPSA) is 107 Å². The first-order valence-electron chi connectivity index (χ1n) is 5.53. The van der Waals surface area contributed by atoms with Gasteiger partial charge in [-0.1, -0.05) is 5.16 Å². The Balaban J connectivity index is 1.72. The Kier molecular flexibility index (Phi) is 2.56. The van der Waals surface area contributed by atoms with Crippen LogP contribution in [0.3, 0.4) is 0 Å². The monoisotopic (exact) mass is 250 g/mol. The lowest BCUT2D eigenvalue weighted by atomic mass is 10.4. The van der Waals surface area contributed by atoms with Crippen LogP contribution >= 0.6 is 0 Å². The molecular weight excluding hydrogens is 240 g/mol. The molecule has 3 rings (SSSR count). The molecule has 0 aliphatic heterocycles. The second-order valence-corrected chi connectivity index (χ2v) is 4.07. The van der Waals surface area contributed by atoms with E-state index in [0.29, 0.717) is 18.4 Å². The Hall–Kier alpha value is -2.22. The fourth-order valence-corrected chi connectivity index (χ4v) is 1.49. The number of nitro groups is 1. The summed E-state index contributed by atoms with van der Waals surface area (Å²) in [5, 5.41) is 17.5. The first-order valence-corrected chi connectivity index (χ1v) is 5.53. The maximum absolute atomic E-state index is 10.5. The van der Waals surface area contributed by atoms with Crippen molar-refractivity contribution in [1.82, 2.24) is 15.5 Å². The molecule has 0 radical (unpaired) electrons. The van der Waals surface area contributed by atoms with Crippen molar-refractivity contribution in [3.8, 4) is 11.7 Å². The molecule has 0 spiro atoms. The van der Waals surface area contributed by atoms with Gasteiger partial charge in [0.15, 0.2) is 11.6 Å². The van der Waals surface area contributed by atoms with E-state index in [4.69, 9.17) is 8.94 Å². The standard InChI is InChI=1S/C10H10N4O4/c15-14(16)9-4-3-7(17-9)10-12-8(13-18-10)5-11-6-1-2-6/h3-4,6,11H,1-2,5H2. The molecular formula is C10H10N4O4. The van der Waals surface area contributed by atoms with Crippen LogP contribution < -0.4 is 5.32 Å². The highest BCUT2D eigenvalue weighted by Gasteiger charge is 2.22. The van der Waals surface area contributed by atoms with Gasteiger partial charge >= 0.3 is 5.88 Å². The van der Waals surface area contributed by atoms with Crippen LogP contribution in [0.1, 0.15) is 18.7 Å².